The van der Waals surface area contributed by atoms with Crippen molar-refractivity contribution in [2.24, 2.45) is 0 Å². The Morgan fingerprint density at radius 2 is 2.00 bits per heavy atom. The van der Waals surface area contributed by atoms with Crippen molar-refractivity contribution in [3.63, 3.8) is 0 Å². The first-order chi connectivity index (χ1) is 9.13. The third-order valence-corrected chi connectivity index (χ3v) is 3.18. The predicted octanol–water partition coefficient (Wildman–Crippen LogP) is 2.22. The molecule has 0 bridgehead atoms. The van der Waals surface area contributed by atoms with Gasteiger partial charge in [-0.1, -0.05) is 6.07 Å². The van der Waals surface area contributed by atoms with Crippen molar-refractivity contribution in [3.05, 3.63) is 57.8 Å². The molecule has 1 aromatic heterocycles. The number of anilines is 1. The normalized spacial score (nSPS) is 13.4. The first kappa shape index (κ1) is 11.5. The molecule has 0 radical (unpaired) electrons. The fraction of sp³-hybridized carbons (Fsp3) is 0.154. The molecule has 1 N–H and O–H groups in total. The van der Waals surface area contributed by atoms with Gasteiger partial charge in [0.2, 0.25) is 0 Å². The predicted molar refractivity (Wildman–Crippen MR) is 68.9 cm³/mol. The zero-order valence-electron chi connectivity index (χ0n) is 9.98. The zero-order chi connectivity index (χ0) is 13.4. The first-order valence-electron chi connectivity index (χ1n) is 5.79. The summed E-state index contributed by atoms with van der Waals surface area (Å²) in [6.07, 6.45) is 1.26. The Morgan fingerprint density at radius 1 is 1.21 bits per heavy atom. The lowest BCUT2D eigenvalue weighted by Crippen LogP contribution is -2.15. The molecule has 0 unspecified atom stereocenters. The Balaban J connectivity index is 1.84. The second-order valence-electron chi connectivity index (χ2n) is 4.44. The molecule has 0 amide bonds. The maximum absolute atomic E-state index is 10.6. The quantitative estimate of drug-likeness (QED) is 0.659. The molecule has 2 heterocycles. The number of benzene rings is 1. The van der Waals surface area contributed by atoms with Gasteiger partial charge >= 0.3 is 0 Å². The molecule has 1 aliphatic rings. The van der Waals surface area contributed by atoms with Crippen LogP contribution >= 0.6 is 0 Å². The number of hydrogen-bond acceptors (Lipinski definition) is 5. The Hall–Kier alpha value is -2.63. The van der Waals surface area contributed by atoms with E-state index in [9.17, 15) is 15.2 Å². The van der Waals surface area contributed by atoms with Crippen molar-refractivity contribution in [3.8, 4) is 5.75 Å². The fourth-order valence-electron chi connectivity index (χ4n) is 2.22. The van der Waals surface area contributed by atoms with Crippen LogP contribution in [0.1, 0.15) is 11.1 Å². The summed E-state index contributed by atoms with van der Waals surface area (Å²) >= 11 is 0. The lowest BCUT2D eigenvalue weighted by atomic mass is 10.1. The second kappa shape index (κ2) is 4.24. The fourth-order valence-corrected chi connectivity index (χ4v) is 2.22. The van der Waals surface area contributed by atoms with Crippen molar-refractivity contribution in [2.75, 3.05) is 4.90 Å². The molecule has 0 aliphatic carbocycles. The van der Waals surface area contributed by atoms with Gasteiger partial charge in [-0.3, -0.25) is 10.1 Å². The minimum absolute atomic E-state index is 0.0156. The highest BCUT2D eigenvalue weighted by Gasteiger charge is 2.20. The molecule has 1 aromatic carbocycles. The smallest absolute Gasteiger partial charge is 0.287 e. The number of aromatic nitrogens is 1. The van der Waals surface area contributed by atoms with Gasteiger partial charge < -0.3 is 10.0 Å². The summed E-state index contributed by atoms with van der Waals surface area (Å²) in [5, 5.41) is 20.0. The van der Waals surface area contributed by atoms with Crippen LogP contribution in [-0.2, 0) is 13.1 Å². The van der Waals surface area contributed by atoms with Gasteiger partial charge in [-0.25, -0.2) is 4.98 Å². The Kier molecular flexibility index (Phi) is 2.56. The van der Waals surface area contributed by atoms with Crippen LogP contribution in [0.15, 0.2) is 36.5 Å². The molecule has 19 heavy (non-hydrogen) atoms. The van der Waals surface area contributed by atoms with E-state index < -0.39 is 4.92 Å². The van der Waals surface area contributed by atoms with E-state index in [0.29, 0.717) is 18.9 Å². The molecule has 6 heteroatoms. The van der Waals surface area contributed by atoms with Gasteiger partial charge in [-0.05, 0) is 29.3 Å². The third-order valence-electron chi connectivity index (χ3n) is 3.18. The standard InChI is InChI=1S/C13H11N3O3/c17-12-3-1-9-7-15(8-10(9)5-12)13-4-2-11(6-14-13)16(18)19/h1-6,17H,7-8H2. The van der Waals surface area contributed by atoms with Crippen LogP contribution < -0.4 is 4.90 Å². The monoisotopic (exact) mass is 257 g/mol. The highest BCUT2D eigenvalue weighted by atomic mass is 16.6. The van der Waals surface area contributed by atoms with Crippen molar-refractivity contribution in [1.29, 1.82) is 0 Å². The van der Waals surface area contributed by atoms with Crippen molar-refractivity contribution >= 4 is 11.5 Å². The van der Waals surface area contributed by atoms with Crippen LogP contribution in [0.25, 0.3) is 0 Å². The summed E-state index contributed by atoms with van der Waals surface area (Å²) in [6.45, 7) is 1.34. The maximum atomic E-state index is 10.6. The summed E-state index contributed by atoms with van der Waals surface area (Å²) in [7, 11) is 0. The molecule has 0 fully saturated rings. The van der Waals surface area contributed by atoms with Crippen LogP contribution in [0.2, 0.25) is 0 Å². The van der Waals surface area contributed by atoms with E-state index in [4.69, 9.17) is 0 Å². The number of hydrogen-bond donors (Lipinski definition) is 1. The number of nitrogens with zero attached hydrogens (tertiary/aromatic N) is 3. The summed E-state index contributed by atoms with van der Waals surface area (Å²) in [4.78, 5) is 16.2. The lowest BCUT2D eigenvalue weighted by molar-refractivity contribution is -0.385. The summed E-state index contributed by atoms with van der Waals surface area (Å²) in [5.74, 6) is 0.943. The Bertz CT molecular complexity index is 640. The van der Waals surface area contributed by atoms with Crippen molar-refractivity contribution in [1.82, 2.24) is 4.98 Å². The SMILES string of the molecule is O=[N+]([O-])c1ccc(N2Cc3ccc(O)cc3C2)nc1. The summed E-state index contributed by atoms with van der Waals surface area (Å²) in [5.41, 5.74) is 2.18. The molecule has 0 spiro atoms. The molecular weight excluding hydrogens is 246 g/mol. The van der Waals surface area contributed by atoms with Crippen LogP contribution in [0.4, 0.5) is 11.5 Å². The van der Waals surface area contributed by atoms with Gasteiger partial charge in [0, 0.05) is 19.2 Å². The van der Waals surface area contributed by atoms with Gasteiger partial charge in [0.05, 0.1) is 4.92 Å². The third kappa shape index (κ3) is 2.08. The zero-order valence-corrected chi connectivity index (χ0v) is 9.98. The number of fused-ring (bicyclic) bond motifs is 1. The van der Waals surface area contributed by atoms with Crippen LogP contribution in [0.5, 0.6) is 5.75 Å². The molecular formula is C13H11N3O3. The maximum Gasteiger partial charge on any atom is 0.287 e. The Labute approximate surface area is 109 Å². The van der Waals surface area contributed by atoms with E-state index in [1.54, 1.807) is 18.2 Å². The summed E-state index contributed by atoms with van der Waals surface area (Å²) in [6, 6.07) is 8.37. The van der Waals surface area contributed by atoms with E-state index in [2.05, 4.69) is 4.98 Å². The van der Waals surface area contributed by atoms with Gasteiger partial charge in [-0.2, -0.15) is 0 Å². The lowest BCUT2D eigenvalue weighted by Gasteiger charge is -2.15. The van der Waals surface area contributed by atoms with Crippen LogP contribution in [0.3, 0.4) is 0 Å². The summed E-state index contributed by atoms with van der Waals surface area (Å²) < 4.78 is 0. The van der Waals surface area contributed by atoms with E-state index in [1.807, 2.05) is 11.0 Å². The van der Waals surface area contributed by atoms with E-state index >= 15 is 0 Å². The average molecular weight is 257 g/mol. The van der Waals surface area contributed by atoms with E-state index in [1.165, 1.54) is 12.3 Å². The van der Waals surface area contributed by atoms with Gasteiger partial charge in [0.25, 0.3) is 5.69 Å². The minimum atomic E-state index is -0.465. The van der Waals surface area contributed by atoms with Crippen molar-refractivity contribution in [2.45, 2.75) is 13.1 Å². The molecule has 0 saturated heterocycles. The molecule has 2 aromatic rings. The topological polar surface area (TPSA) is 79.5 Å². The number of phenolic OH excluding ortho intramolecular Hbond substituents is 1. The molecule has 0 saturated carbocycles. The van der Waals surface area contributed by atoms with Crippen molar-refractivity contribution < 1.29 is 10.0 Å². The minimum Gasteiger partial charge on any atom is -0.508 e. The molecule has 1 aliphatic heterocycles. The van der Waals surface area contributed by atoms with Gasteiger partial charge in [0.1, 0.15) is 17.8 Å². The largest absolute Gasteiger partial charge is 0.508 e. The van der Waals surface area contributed by atoms with Gasteiger partial charge in [-0.15, -0.1) is 0 Å². The van der Waals surface area contributed by atoms with E-state index in [0.717, 1.165) is 11.1 Å². The number of phenols is 1. The molecule has 6 nitrogen and oxygen atoms in total. The molecule has 96 valence electrons. The number of nitro groups is 1. The number of rotatable bonds is 2. The Morgan fingerprint density at radius 3 is 2.68 bits per heavy atom. The van der Waals surface area contributed by atoms with Crippen LogP contribution in [0, 0.1) is 10.1 Å². The highest BCUT2D eigenvalue weighted by molar-refractivity contribution is 5.50. The first-order valence-corrected chi connectivity index (χ1v) is 5.79. The number of aromatic hydroxyl groups is 1. The number of pyridine rings is 1. The highest BCUT2D eigenvalue weighted by Crippen LogP contribution is 2.29. The van der Waals surface area contributed by atoms with Crippen LogP contribution in [-0.4, -0.2) is 15.0 Å². The second-order valence-corrected chi connectivity index (χ2v) is 4.44. The average Bonchev–Trinajstić information content (AvgIpc) is 2.81. The molecule has 0 atom stereocenters. The van der Waals surface area contributed by atoms with E-state index in [-0.39, 0.29) is 11.4 Å². The molecule has 3 rings (SSSR count). The van der Waals surface area contributed by atoms with Gasteiger partial charge in [0.15, 0.2) is 0 Å².